The van der Waals surface area contributed by atoms with Crippen molar-refractivity contribution in [2.45, 2.75) is 38.4 Å². The number of hydrogen-bond acceptors (Lipinski definition) is 5. The fraction of sp³-hybridized carbons (Fsp3) is 0.455. The van der Waals surface area contributed by atoms with Crippen LogP contribution in [0.4, 0.5) is 0 Å². The summed E-state index contributed by atoms with van der Waals surface area (Å²) < 4.78 is 24.7. The van der Waals surface area contributed by atoms with Crippen LogP contribution < -0.4 is 0 Å². The van der Waals surface area contributed by atoms with Crippen LogP contribution in [0.15, 0.2) is 17.3 Å². The molecule has 2 aromatic rings. The van der Waals surface area contributed by atoms with Crippen LogP contribution in [0.5, 0.6) is 0 Å². The lowest BCUT2D eigenvalue weighted by molar-refractivity contribution is 0.367. The molecule has 0 bridgehead atoms. The number of nitrogens with zero attached hydrogens (tertiary/aromatic N) is 3. The van der Waals surface area contributed by atoms with Crippen molar-refractivity contribution in [2.75, 3.05) is 0 Å². The van der Waals surface area contributed by atoms with Crippen molar-refractivity contribution in [1.29, 1.82) is 0 Å². The SMILES string of the molecule is Cc1ccc(-c2nnc(S(=O)(=O)Cl)n2C(C)(C)C)s1. The summed E-state index contributed by atoms with van der Waals surface area (Å²) in [5, 5.41) is 7.51. The summed E-state index contributed by atoms with van der Waals surface area (Å²) in [5.74, 6) is 0.518. The molecule has 2 aromatic heterocycles. The van der Waals surface area contributed by atoms with Gasteiger partial charge in [0.1, 0.15) is 0 Å². The Morgan fingerprint density at radius 2 is 1.89 bits per heavy atom. The van der Waals surface area contributed by atoms with E-state index in [1.54, 1.807) is 4.57 Å². The third-order valence-corrected chi connectivity index (χ3v) is 4.59. The van der Waals surface area contributed by atoms with Crippen LogP contribution in [-0.2, 0) is 14.6 Å². The Kier molecular flexibility index (Phi) is 3.49. The molecule has 0 N–H and O–H groups in total. The maximum absolute atomic E-state index is 11.6. The van der Waals surface area contributed by atoms with E-state index < -0.39 is 14.6 Å². The monoisotopic (exact) mass is 319 g/mol. The van der Waals surface area contributed by atoms with E-state index in [-0.39, 0.29) is 5.16 Å². The molecule has 0 aromatic carbocycles. The van der Waals surface area contributed by atoms with E-state index >= 15 is 0 Å². The maximum atomic E-state index is 11.6. The first-order valence-electron chi connectivity index (χ1n) is 5.58. The van der Waals surface area contributed by atoms with Gasteiger partial charge >= 0.3 is 0 Å². The van der Waals surface area contributed by atoms with Crippen molar-refractivity contribution in [2.24, 2.45) is 0 Å². The molecular formula is C11H14ClN3O2S2. The fourth-order valence-electron chi connectivity index (χ4n) is 1.75. The highest BCUT2D eigenvalue weighted by molar-refractivity contribution is 8.13. The van der Waals surface area contributed by atoms with Gasteiger partial charge < -0.3 is 0 Å². The molecule has 0 aliphatic carbocycles. The number of thiophene rings is 1. The zero-order valence-electron chi connectivity index (χ0n) is 11.0. The summed E-state index contributed by atoms with van der Waals surface area (Å²) in [4.78, 5) is 1.99. The van der Waals surface area contributed by atoms with E-state index in [2.05, 4.69) is 10.2 Å². The second kappa shape index (κ2) is 4.57. The molecule has 19 heavy (non-hydrogen) atoms. The Morgan fingerprint density at radius 3 is 2.32 bits per heavy atom. The third-order valence-electron chi connectivity index (χ3n) is 2.48. The minimum atomic E-state index is -3.93. The Balaban J connectivity index is 2.74. The van der Waals surface area contributed by atoms with Crippen LogP contribution in [-0.4, -0.2) is 23.2 Å². The lowest BCUT2D eigenvalue weighted by Gasteiger charge is -2.23. The zero-order valence-corrected chi connectivity index (χ0v) is 13.4. The smallest absolute Gasteiger partial charge is 0.291 e. The molecule has 8 heteroatoms. The molecular weight excluding hydrogens is 306 g/mol. The Morgan fingerprint density at radius 1 is 1.26 bits per heavy atom. The number of aryl methyl sites for hydroxylation is 1. The second-order valence-electron chi connectivity index (χ2n) is 5.16. The Bertz CT molecular complexity index is 711. The molecule has 2 rings (SSSR count). The molecule has 5 nitrogen and oxygen atoms in total. The highest BCUT2D eigenvalue weighted by Crippen LogP contribution is 2.32. The van der Waals surface area contributed by atoms with Crippen molar-refractivity contribution < 1.29 is 8.42 Å². The second-order valence-corrected chi connectivity index (χ2v) is 8.91. The van der Waals surface area contributed by atoms with Gasteiger partial charge in [-0.2, -0.15) is 0 Å². The van der Waals surface area contributed by atoms with Gasteiger partial charge in [-0.15, -0.1) is 21.5 Å². The number of rotatable bonds is 2. The van der Waals surface area contributed by atoms with E-state index in [0.717, 1.165) is 9.75 Å². The predicted octanol–water partition coefficient (Wildman–Crippen LogP) is 3.00. The summed E-state index contributed by atoms with van der Waals surface area (Å²) in [6.45, 7) is 7.62. The number of halogens is 1. The highest BCUT2D eigenvalue weighted by atomic mass is 35.7. The fourth-order valence-corrected chi connectivity index (χ4v) is 3.61. The summed E-state index contributed by atoms with van der Waals surface area (Å²) in [6.07, 6.45) is 0. The van der Waals surface area contributed by atoms with Gasteiger partial charge in [-0.05, 0) is 39.8 Å². The average Bonchev–Trinajstić information content (AvgIpc) is 2.79. The van der Waals surface area contributed by atoms with Crippen molar-refractivity contribution in [3.05, 3.63) is 17.0 Å². The van der Waals surface area contributed by atoms with E-state index in [0.29, 0.717) is 5.82 Å². The van der Waals surface area contributed by atoms with Crippen molar-refractivity contribution in [3.63, 3.8) is 0 Å². The van der Waals surface area contributed by atoms with E-state index in [4.69, 9.17) is 10.7 Å². The van der Waals surface area contributed by atoms with Crippen LogP contribution in [0.25, 0.3) is 10.7 Å². The summed E-state index contributed by atoms with van der Waals surface area (Å²) in [5.41, 5.74) is -0.492. The molecule has 0 spiro atoms. The molecule has 0 saturated heterocycles. The Hall–Kier alpha value is -0.920. The normalized spacial score (nSPS) is 12.9. The average molecular weight is 320 g/mol. The van der Waals surface area contributed by atoms with Gasteiger partial charge in [-0.3, -0.25) is 4.57 Å². The predicted molar refractivity (Wildman–Crippen MR) is 76.1 cm³/mol. The topological polar surface area (TPSA) is 64.8 Å². The minimum Gasteiger partial charge on any atom is -0.291 e. The summed E-state index contributed by atoms with van der Waals surface area (Å²) in [6, 6.07) is 3.85. The van der Waals surface area contributed by atoms with Gasteiger partial charge in [-0.25, -0.2) is 8.42 Å². The zero-order chi connectivity index (χ0) is 14.4. The molecule has 0 radical (unpaired) electrons. The molecule has 0 amide bonds. The largest absolute Gasteiger partial charge is 0.296 e. The lowest BCUT2D eigenvalue weighted by Crippen LogP contribution is -2.25. The molecule has 104 valence electrons. The van der Waals surface area contributed by atoms with Gasteiger partial charge in [0.2, 0.25) is 0 Å². The van der Waals surface area contributed by atoms with Crippen LogP contribution in [0, 0.1) is 6.92 Å². The van der Waals surface area contributed by atoms with Gasteiger partial charge in [0.15, 0.2) is 5.82 Å². The molecule has 0 atom stereocenters. The standard InChI is InChI=1S/C11H14ClN3O2S2/c1-7-5-6-8(18-7)9-13-14-10(19(12,16)17)15(9)11(2,3)4/h5-6H,1-4H3. The van der Waals surface area contributed by atoms with Gasteiger partial charge in [0, 0.05) is 21.1 Å². The molecule has 0 saturated carbocycles. The summed E-state index contributed by atoms with van der Waals surface area (Å²) >= 11 is 1.53. The van der Waals surface area contributed by atoms with Crippen molar-refractivity contribution in [3.8, 4) is 10.7 Å². The first-order valence-corrected chi connectivity index (χ1v) is 8.70. The Labute approximate surface area is 120 Å². The molecule has 2 heterocycles. The highest BCUT2D eigenvalue weighted by Gasteiger charge is 2.30. The minimum absolute atomic E-state index is 0.220. The van der Waals surface area contributed by atoms with Gasteiger partial charge in [0.05, 0.1) is 4.88 Å². The molecule has 0 fully saturated rings. The van der Waals surface area contributed by atoms with Gasteiger partial charge in [0.25, 0.3) is 14.2 Å². The molecule has 0 aliphatic rings. The number of aromatic nitrogens is 3. The van der Waals surface area contributed by atoms with Crippen LogP contribution in [0.1, 0.15) is 25.6 Å². The quantitative estimate of drug-likeness (QED) is 0.798. The van der Waals surface area contributed by atoms with Crippen LogP contribution >= 0.6 is 22.0 Å². The van der Waals surface area contributed by atoms with E-state index in [9.17, 15) is 8.42 Å². The lowest BCUT2D eigenvalue weighted by atomic mass is 10.1. The van der Waals surface area contributed by atoms with Crippen molar-refractivity contribution >= 4 is 31.1 Å². The third kappa shape index (κ3) is 2.82. The van der Waals surface area contributed by atoms with Crippen LogP contribution in [0.2, 0.25) is 0 Å². The summed E-state index contributed by atoms with van der Waals surface area (Å²) in [7, 11) is 1.50. The van der Waals surface area contributed by atoms with Crippen LogP contribution in [0.3, 0.4) is 0 Å². The first kappa shape index (κ1) is 14.5. The van der Waals surface area contributed by atoms with Gasteiger partial charge in [-0.1, -0.05) is 0 Å². The first-order chi connectivity index (χ1) is 8.60. The molecule has 0 aliphatic heterocycles. The molecule has 0 unspecified atom stereocenters. The van der Waals surface area contributed by atoms with Crippen molar-refractivity contribution in [1.82, 2.24) is 14.8 Å². The number of hydrogen-bond donors (Lipinski definition) is 0. The van der Waals surface area contributed by atoms with E-state index in [1.807, 2.05) is 39.8 Å². The van der Waals surface area contributed by atoms with E-state index in [1.165, 1.54) is 11.3 Å². The maximum Gasteiger partial charge on any atom is 0.296 e.